The number of rotatable bonds is 5. The maximum absolute atomic E-state index is 10.3. The highest BCUT2D eigenvalue weighted by atomic mass is 32.1. The summed E-state index contributed by atoms with van der Waals surface area (Å²) in [4.78, 5) is 3.06. The van der Waals surface area contributed by atoms with E-state index in [0.29, 0.717) is 16.9 Å². The molecular formula is C20H19N3O3S. The van der Waals surface area contributed by atoms with Gasteiger partial charge in [0, 0.05) is 43.1 Å². The van der Waals surface area contributed by atoms with Crippen LogP contribution in [0.15, 0.2) is 54.9 Å². The number of imidazole rings is 1. The SMILES string of the molecule is COCCn1ccc2c(-n3c(-c4ccc(O)cc4O)c[nH]c3=S)cccc21. The Labute approximate surface area is 160 Å². The van der Waals surface area contributed by atoms with E-state index in [1.807, 2.05) is 22.9 Å². The number of phenols is 2. The van der Waals surface area contributed by atoms with Gasteiger partial charge in [-0.05, 0) is 42.5 Å². The van der Waals surface area contributed by atoms with Crippen LogP contribution >= 0.6 is 12.2 Å². The van der Waals surface area contributed by atoms with Crippen molar-refractivity contribution < 1.29 is 14.9 Å². The molecule has 0 saturated carbocycles. The molecule has 138 valence electrons. The van der Waals surface area contributed by atoms with Crippen molar-refractivity contribution in [3.63, 3.8) is 0 Å². The minimum atomic E-state index is -0.0115. The van der Waals surface area contributed by atoms with E-state index in [-0.39, 0.29) is 11.5 Å². The molecule has 6 nitrogen and oxygen atoms in total. The average molecular weight is 381 g/mol. The summed E-state index contributed by atoms with van der Waals surface area (Å²) < 4.78 is 9.74. The lowest BCUT2D eigenvalue weighted by molar-refractivity contribution is 0.188. The lowest BCUT2D eigenvalue weighted by Gasteiger charge is -2.12. The van der Waals surface area contributed by atoms with Crippen LogP contribution in [-0.4, -0.2) is 38.0 Å². The monoisotopic (exact) mass is 381 g/mol. The van der Waals surface area contributed by atoms with Crippen LogP contribution in [0.4, 0.5) is 0 Å². The van der Waals surface area contributed by atoms with Gasteiger partial charge in [0.15, 0.2) is 4.77 Å². The first-order valence-electron chi connectivity index (χ1n) is 8.50. The summed E-state index contributed by atoms with van der Waals surface area (Å²) in [5.41, 5.74) is 3.29. The predicted octanol–water partition coefficient (Wildman–Crippen LogP) is 4.21. The number of hydrogen-bond acceptors (Lipinski definition) is 4. The number of aromatic hydroxyl groups is 2. The van der Waals surface area contributed by atoms with Crippen molar-refractivity contribution in [2.75, 3.05) is 13.7 Å². The summed E-state index contributed by atoms with van der Waals surface area (Å²) in [5, 5.41) is 20.9. The van der Waals surface area contributed by atoms with Gasteiger partial charge < -0.3 is 24.5 Å². The molecule has 3 N–H and O–H groups in total. The first kappa shape index (κ1) is 17.4. The van der Waals surface area contributed by atoms with Gasteiger partial charge in [-0.25, -0.2) is 0 Å². The highest BCUT2D eigenvalue weighted by molar-refractivity contribution is 7.71. The zero-order valence-corrected chi connectivity index (χ0v) is 15.5. The van der Waals surface area contributed by atoms with E-state index in [0.717, 1.165) is 28.8 Å². The van der Waals surface area contributed by atoms with Crippen LogP contribution in [0.2, 0.25) is 0 Å². The second kappa shape index (κ2) is 6.94. The smallest absolute Gasteiger partial charge is 0.182 e. The standard InChI is InChI=1S/C20H19N3O3S/c1-26-10-9-22-8-7-14-16(22)3-2-4-17(14)23-18(12-21-20(23)27)15-6-5-13(24)11-19(15)25/h2-8,11-12,24-25H,9-10H2,1H3,(H,21,27). The molecule has 0 radical (unpaired) electrons. The van der Waals surface area contributed by atoms with Gasteiger partial charge in [-0.2, -0.15) is 0 Å². The molecule has 0 amide bonds. The maximum atomic E-state index is 10.3. The van der Waals surface area contributed by atoms with E-state index in [4.69, 9.17) is 17.0 Å². The number of H-pyrrole nitrogens is 1. The van der Waals surface area contributed by atoms with Gasteiger partial charge in [0.2, 0.25) is 0 Å². The molecule has 0 spiro atoms. The molecule has 2 aromatic heterocycles. The van der Waals surface area contributed by atoms with Gasteiger partial charge in [-0.1, -0.05) is 6.07 Å². The number of hydrogen-bond donors (Lipinski definition) is 3. The van der Waals surface area contributed by atoms with Gasteiger partial charge in [0.05, 0.1) is 23.5 Å². The Kier molecular flexibility index (Phi) is 4.47. The fraction of sp³-hybridized carbons (Fsp3) is 0.150. The molecule has 0 aliphatic carbocycles. The second-order valence-corrected chi connectivity index (χ2v) is 6.61. The predicted molar refractivity (Wildman–Crippen MR) is 107 cm³/mol. The van der Waals surface area contributed by atoms with Crippen LogP contribution in [0, 0.1) is 4.77 Å². The Bertz CT molecular complexity index is 1170. The van der Waals surface area contributed by atoms with E-state index in [2.05, 4.69) is 21.7 Å². The Morgan fingerprint density at radius 2 is 2.00 bits per heavy atom. The molecule has 0 unspecified atom stereocenters. The normalized spacial score (nSPS) is 11.3. The topological polar surface area (TPSA) is 75.3 Å². The Hall–Kier alpha value is -3.03. The largest absolute Gasteiger partial charge is 0.508 e. The van der Waals surface area contributed by atoms with Crippen LogP contribution in [-0.2, 0) is 11.3 Å². The lowest BCUT2D eigenvalue weighted by Crippen LogP contribution is -2.03. The fourth-order valence-corrected chi connectivity index (χ4v) is 3.59. The Balaban J connectivity index is 1.91. The molecule has 27 heavy (non-hydrogen) atoms. The van der Waals surface area contributed by atoms with E-state index < -0.39 is 0 Å². The van der Waals surface area contributed by atoms with Crippen molar-refractivity contribution in [2.45, 2.75) is 6.54 Å². The Morgan fingerprint density at radius 1 is 1.15 bits per heavy atom. The number of phenolic OH excluding ortho intramolecular Hbond substituents is 2. The van der Waals surface area contributed by atoms with Gasteiger partial charge in [0.25, 0.3) is 0 Å². The molecule has 0 aliphatic heterocycles. The number of aromatic amines is 1. The summed E-state index contributed by atoms with van der Waals surface area (Å²) in [6.07, 6.45) is 3.79. The number of nitrogens with zero attached hydrogens (tertiary/aromatic N) is 2. The Morgan fingerprint density at radius 3 is 2.78 bits per heavy atom. The first-order valence-corrected chi connectivity index (χ1v) is 8.91. The van der Waals surface area contributed by atoms with Crippen molar-refractivity contribution in [1.82, 2.24) is 14.1 Å². The van der Waals surface area contributed by atoms with Gasteiger partial charge in [-0.3, -0.25) is 4.57 Å². The third-order valence-electron chi connectivity index (χ3n) is 4.60. The minimum Gasteiger partial charge on any atom is -0.508 e. The molecule has 0 bridgehead atoms. The van der Waals surface area contributed by atoms with Crippen LogP contribution in [0.5, 0.6) is 11.5 Å². The van der Waals surface area contributed by atoms with Crippen molar-refractivity contribution in [1.29, 1.82) is 0 Å². The zero-order valence-electron chi connectivity index (χ0n) is 14.7. The van der Waals surface area contributed by atoms with Crippen molar-refractivity contribution in [2.24, 2.45) is 0 Å². The summed E-state index contributed by atoms with van der Waals surface area (Å²) in [7, 11) is 1.69. The number of nitrogens with one attached hydrogen (secondary N) is 1. The maximum Gasteiger partial charge on any atom is 0.182 e. The fourth-order valence-electron chi connectivity index (χ4n) is 3.33. The number of aromatic nitrogens is 3. The quantitative estimate of drug-likeness (QED) is 0.453. The molecule has 0 aliphatic rings. The highest BCUT2D eigenvalue weighted by Crippen LogP contribution is 2.35. The van der Waals surface area contributed by atoms with E-state index in [1.54, 1.807) is 19.4 Å². The second-order valence-electron chi connectivity index (χ2n) is 6.23. The number of benzene rings is 2. The summed E-state index contributed by atoms with van der Waals surface area (Å²) >= 11 is 5.51. The van der Waals surface area contributed by atoms with Gasteiger partial charge in [-0.15, -0.1) is 0 Å². The zero-order chi connectivity index (χ0) is 19.0. The molecule has 4 rings (SSSR count). The first-order chi connectivity index (χ1) is 13.1. The van der Waals surface area contributed by atoms with E-state index in [9.17, 15) is 10.2 Å². The molecule has 0 atom stereocenters. The number of ether oxygens (including phenoxy) is 1. The average Bonchev–Trinajstić information content (AvgIpc) is 3.23. The molecule has 4 aromatic rings. The molecule has 2 aromatic carbocycles. The third kappa shape index (κ3) is 3.01. The van der Waals surface area contributed by atoms with Crippen LogP contribution in [0.1, 0.15) is 0 Å². The van der Waals surface area contributed by atoms with E-state index >= 15 is 0 Å². The van der Waals surface area contributed by atoms with Crippen LogP contribution in [0.25, 0.3) is 27.8 Å². The van der Waals surface area contributed by atoms with Gasteiger partial charge in [0.1, 0.15) is 11.5 Å². The van der Waals surface area contributed by atoms with E-state index in [1.165, 1.54) is 12.1 Å². The molecule has 2 heterocycles. The molecular weight excluding hydrogens is 362 g/mol. The summed E-state index contributed by atoms with van der Waals surface area (Å²) in [6.45, 7) is 1.39. The number of fused-ring (bicyclic) bond motifs is 1. The van der Waals surface area contributed by atoms with Crippen molar-refractivity contribution in [3.05, 3.63) is 59.6 Å². The van der Waals surface area contributed by atoms with Gasteiger partial charge >= 0.3 is 0 Å². The van der Waals surface area contributed by atoms with Crippen molar-refractivity contribution in [3.8, 4) is 28.4 Å². The van der Waals surface area contributed by atoms with Crippen LogP contribution in [0.3, 0.4) is 0 Å². The molecule has 7 heteroatoms. The van der Waals surface area contributed by atoms with Crippen LogP contribution < -0.4 is 0 Å². The molecule has 0 fully saturated rings. The summed E-state index contributed by atoms with van der Waals surface area (Å²) in [5.74, 6) is -0.00292. The van der Waals surface area contributed by atoms with Crippen molar-refractivity contribution >= 4 is 23.1 Å². The third-order valence-corrected chi connectivity index (χ3v) is 4.90. The number of methoxy groups -OCH3 is 1. The summed E-state index contributed by atoms with van der Waals surface area (Å²) in [6, 6.07) is 12.6. The minimum absolute atomic E-state index is 0.00857. The lowest BCUT2D eigenvalue weighted by atomic mass is 10.1. The highest BCUT2D eigenvalue weighted by Gasteiger charge is 2.15. The molecule has 0 saturated heterocycles.